The van der Waals surface area contributed by atoms with Crippen LogP contribution in [-0.4, -0.2) is 52.6 Å². The van der Waals surface area contributed by atoms with Gasteiger partial charge in [-0.25, -0.2) is 13.4 Å². The van der Waals surface area contributed by atoms with Gasteiger partial charge in [0.25, 0.3) is 0 Å². The number of hydrogen-bond acceptors (Lipinski definition) is 5. The SMILES string of the molecule is O=C(O)[C@@H]1C[C@H](O)CN1S(=O)(=O)c1cccnc1Cl. The molecule has 0 spiro atoms. The maximum Gasteiger partial charge on any atom is 0.322 e. The van der Waals surface area contributed by atoms with Gasteiger partial charge < -0.3 is 10.2 Å². The molecule has 0 bridgehead atoms. The van der Waals surface area contributed by atoms with Crippen LogP contribution in [0.4, 0.5) is 0 Å². The van der Waals surface area contributed by atoms with Crippen molar-refractivity contribution in [2.75, 3.05) is 6.54 Å². The highest BCUT2D eigenvalue weighted by Gasteiger charge is 2.44. The van der Waals surface area contributed by atoms with Crippen LogP contribution < -0.4 is 0 Å². The number of halogens is 1. The Morgan fingerprint density at radius 1 is 1.53 bits per heavy atom. The van der Waals surface area contributed by atoms with Gasteiger partial charge in [-0.2, -0.15) is 4.31 Å². The molecular formula is C10H11ClN2O5S. The fourth-order valence-electron chi connectivity index (χ4n) is 1.96. The molecule has 1 aliphatic rings. The fraction of sp³-hybridized carbons (Fsp3) is 0.400. The van der Waals surface area contributed by atoms with E-state index in [-0.39, 0.29) is 23.0 Å². The lowest BCUT2D eigenvalue weighted by atomic mass is 10.2. The molecule has 7 nitrogen and oxygen atoms in total. The van der Waals surface area contributed by atoms with Crippen LogP contribution in [0.2, 0.25) is 5.15 Å². The number of carbonyl (C=O) groups is 1. The number of carboxylic acid groups (broad SMARTS) is 1. The van der Waals surface area contributed by atoms with E-state index in [1.54, 1.807) is 0 Å². The molecule has 1 aromatic heterocycles. The van der Waals surface area contributed by atoms with Crippen LogP contribution >= 0.6 is 11.6 Å². The minimum Gasteiger partial charge on any atom is -0.480 e. The average molecular weight is 307 g/mol. The lowest BCUT2D eigenvalue weighted by Crippen LogP contribution is -2.40. The number of aromatic nitrogens is 1. The molecule has 1 saturated heterocycles. The predicted octanol–water partition coefficient (Wildman–Crippen LogP) is -0.0565. The number of sulfonamides is 1. The third-order valence-electron chi connectivity index (χ3n) is 2.83. The first kappa shape index (κ1) is 14.2. The number of aliphatic carboxylic acids is 1. The smallest absolute Gasteiger partial charge is 0.322 e. The second-order valence-electron chi connectivity index (χ2n) is 4.11. The summed E-state index contributed by atoms with van der Waals surface area (Å²) in [5.74, 6) is -1.31. The second kappa shape index (κ2) is 5.04. The number of nitrogens with zero attached hydrogens (tertiary/aromatic N) is 2. The van der Waals surface area contributed by atoms with Gasteiger partial charge in [-0.3, -0.25) is 4.79 Å². The normalized spacial score (nSPS) is 24.5. The molecule has 2 heterocycles. The van der Waals surface area contributed by atoms with Crippen molar-refractivity contribution >= 4 is 27.6 Å². The summed E-state index contributed by atoms with van der Waals surface area (Å²) in [6.07, 6.45) is 0.174. The van der Waals surface area contributed by atoms with Gasteiger partial charge in [-0.1, -0.05) is 11.6 Å². The molecule has 104 valence electrons. The molecule has 19 heavy (non-hydrogen) atoms. The Bertz CT molecular complexity index is 606. The number of rotatable bonds is 3. The highest BCUT2D eigenvalue weighted by Crippen LogP contribution is 2.29. The quantitative estimate of drug-likeness (QED) is 0.758. The van der Waals surface area contributed by atoms with Crippen molar-refractivity contribution in [3.63, 3.8) is 0 Å². The maximum atomic E-state index is 12.3. The molecule has 0 saturated carbocycles. The highest BCUT2D eigenvalue weighted by atomic mass is 35.5. The van der Waals surface area contributed by atoms with E-state index in [4.69, 9.17) is 16.7 Å². The summed E-state index contributed by atoms with van der Waals surface area (Å²) >= 11 is 5.72. The molecule has 1 fully saturated rings. The monoisotopic (exact) mass is 306 g/mol. The zero-order valence-electron chi connectivity index (χ0n) is 9.60. The van der Waals surface area contributed by atoms with Gasteiger partial charge in [0.15, 0.2) is 0 Å². The van der Waals surface area contributed by atoms with E-state index in [0.717, 1.165) is 4.31 Å². The summed E-state index contributed by atoms with van der Waals surface area (Å²) in [7, 11) is -4.10. The molecule has 2 N–H and O–H groups in total. The summed E-state index contributed by atoms with van der Waals surface area (Å²) in [5.41, 5.74) is 0. The van der Waals surface area contributed by atoms with E-state index in [1.165, 1.54) is 18.3 Å². The topological polar surface area (TPSA) is 108 Å². The standard InChI is InChI=1S/C10H11ClN2O5S/c11-9-8(2-1-3-12-9)19(17,18)13-5-6(14)4-7(13)10(15)16/h1-3,6-7,14H,4-5H2,(H,15,16)/t6-,7-/m0/s1. The van der Waals surface area contributed by atoms with Crippen molar-refractivity contribution < 1.29 is 23.4 Å². The summed E-state index contributed by atoms with van der Waals surface area (Å²) in [6.45, 7) is -0.273. The zero-order valence-corrected chi connectivity index (χ0v) is 11.2. The Morgan fingerprint density at radius 2 is 2.21 bits per heavy atom. The van der Waals surface area contributed by atoms with Crippen molar-refractivity contribution in [3.8, 4) is 0 Å². The first-order chi connectivity index (χ1) is 8.84. The van der Waals surface area contributed by atoms with E-state index < -0.39 is 28.1 Å². The first-order valence-electron chi connectivity index (χ1n) is 5.37. The summed E-state index contributed by atoms with van der Waals surface area (Å²) in [5, 5.41) is 18.3. The number of aliphatic hydroxyl groups excluding tert-OH is 1. The molecule has 2 atom stereocenters. The van der Waals surface area contributed by atoms with Crippen LogP contribution in [0.25, 0.3) is 0 Å². The van der Waals surface area contributed by atoms with Gasteiger partial charge in [0, 0.05) is 19.2 Å². The lowest BCUT2D eigenvalue weighted by molar-refractivity contribution is -0.140. The molecule has 0 radical (unpaired) electrons. The van der Waals surface area contributed by atoms with Crippen LogP contribution in [0, 0.1) is 0 Å². The minimum atomic E-state index is -4.10. The average Bonchev–Trinajstić information content (AvgIpc) is 2.72. The van der Waals surface area contributed by atoms with Gasteiger partial charge in [-0.15, -0.1) is 0 Å². The molecule has 0 aromatic carbocycles. The van der Waals surface area contributed by atoms with E-state index in [0.29, 0.717) is 0 Å². The molecule has 0 unspecified atom stereocenters. The van der Waals surface area contributed by atoms with Crippen molar-refractivity contribution in [1.29, 1.82) is 0 Å². The molecule has 1 aliphatic heterocycles. The number of hydrogen-bond donors (Lipinski definition) is 2. The summed E-state index contributed by atoms with van der Waals surface area (Å²) < 4.78 is 25.4. The van der Waals surface area contributed by atoms with Crippen LogP contribution in [0.5, 0.6) is 0 Å². The Labute approximate surface area is 114 Å². The molecule has 1 aromatic rings. The third-order valence-corrected chi connectivity index (χ3v) is 5.15. The van der Waals surface area contributed by atoms with Gasteiger partial charge in [0.2, 0.25) is 10.0 Å². The van der Waals surface area contributed by atoms with Crippen LogP contribution in [0.1, 0.15) is 6.42 Å². The Hall–Kier alpha value is -1.22. The van der Waals surface area contributed by atoms with Crippen molar-refractivity contribution in [3.05, 3.63) is 23.5 Å². The zero-order chi connectivity index (χ0) is 14.2. The van der Waals surface area contributed by atoms with Crippen molar-refractivity contribution in [1.82, 2.24) is 9.29 Å². The van der Waals surface area contributed by atoms with E-state index in [2.05, 4.69) is 4.98 Å². The van der Waals surface area contributed by atoms with Gasteiger partial charge in [0.05, 0.1) is 6.10 Å². The maximum absolute atomic E-state index is 12.3. The Morgan fingerprint density at radius 3 is 2.79 bits per heavy atom. The molecule has 9 heteroatoms. The van der Waals surface area contributed by atoms with E-state index in [9.17, 15) is 18.3 Å². The van der Waals surface area contributed by atoms with E-state index >= 15 is 0 Å². The molecule has 0 amide bonds. The van der Waals surface area contributed by atoms with E-state index in [1.807, 2.05) is 0 Å². The van der Waals surface area contributed by atoms with Crippen LogP contribution in [-0.2, 0) is 14.8 Å². The molecular weight excluding hydrogens is 296 g/mol. The number of aliphatic hydroxyl groups is 1. The van der Waals surface area contributed by atoms with Crippen LogP contribution in [0.3, 0.4) is 0 Å². The Balaban J connectivity index is 2.45. The highest BCUT2D eigenvalue weighted by molar-refractivity contribution is 7.89. The van der Waals surface area contributed by atoms with Crippen LogP contribution in [0.15, 0.2) is 23.2 Å². The number of β-amino-alcohol motifs (C(OH)–C–C–N with tert-alkyl or cyclic N) is 1. The van der Waals surface area contributed by atoms with Crippen molar-refractivity contribution in [2.45, 2.75) is 23.5 Å². The predicted molar refractivity (Wildman–Crippen MR) is 65.2 cm³/mol. The molecule has 0 aliphatic carbocycles. The second-order valence-corrected chi connectivity index (χ2v) is 6.33. The molecule has 2 rings (SSSR count). The van der Waals surface area contributed by atoms with Gasteiger partial charge in [-0.05, 0) is 12.1 Å². The van der Waals surface area contributed by atoms with Crippen molar-refractivity contribution in [2.24, 2.45) is 0 Å². The largest absolute Gasteiger partial charge is 0.480 e. The van der Waals surface area contributed by atoms with Gasteiger partial charge in [0.1, 0.15) is 16.1 Å². The lowest BCUT2D eigenvalue weighted by Gasteiger charge is -2.20. The number of carboxylic acids is 1. The first-order valence-corrected chi connectivity index (χ1v) is 7.19. The minimum absolute atomic E-state index is 0.146. The fourth-order valence-corrected chi connectivity index (χ4v) is 4.02. The number of pyridine rings is 1. The summed E-state index contributed by atoms with van der Waals surface area (Å²) in [4.78, 5) is 14.4. The Kier molecular flexibility index (Phi) is 3.77. The third kappa shape index (κ3) is 2.57. The summed E-state index contributed by atoms with van der Waals surface area (Å²) in [6, 6.07) is 1.34. The van der Waals surface area contributed by atoms with Gasteiger partial charge >= 0.3 is 5.97 Å².